The zero-order valence-corrected chi connectivity index (χ0v) is 14.4. The summed E-state index contributed by atoms with van der Waals surface area (Å²) in [5, 5.41) is 5.12. The lowest BCUT2D eigenvalue weighted by Gasteiger charge is -2.37. The first-order valence-electron chi connectivity index (χ1n) is 8.07. The van der Waals surface area contributed by atoms with Gasteiger partial charge in [-0.1, -0.05) is 6.07 Å². The van der Waals surface area contributed by atoms with E-state index in [4.69, 9.17) is 4.74 Å². The van der Waals surface area contributed by atoms with Crippen molar-refractivity contribution in [3.63, 3.8) is 0 Å². The number of morpholine rings is 1. The van der Waals surface area contributed by atoms with Crippen molar-refractivity contribution in [3.8, 4) is 0 Å². The van der Waals surface area contributed by atoms with Crippen LogP contribution >= 0.6 is 11.3 Å². The van der Waals surface area contributed by atoms with E-state index in [-0.39, 0.29) is 23.8 Å². The van der Waals surface area contributed by atoms with Crippen LogP contribution in [-0.2, 0) is 4.74 Å². The highest BCUT2D eigenvalue weighted by Crippen LogP contribution is 2.29. The van der Waals surface area contributed by atoms with E-state index in [1.54, 1.807) is 11.3 Å². The summed E-state index contributed by atoms with van der Waals surface area (Å²) in [5.74, 6) is -0.526. The van der Waals surface area contributed by atoms with Crippen molar-refractivity contribution in [1.82, 2.24) is 10.2 Å². The molecule has 0 saturated carbocycles. The average molecular weight is 348 g/mol. The molecular formula is C18H21FN2O2S. The van der Waals surface area contributed by atoms with Crippen molar-refractivity contribution >= 4 is 17.2 Å². The fourth-order valence-electron chi connectivity index (χ4n) is 3.03. The molecule has 2 atom stereocenters. The third-order valence-electron chi connectivity index (χ3n) is 4.21. The predicted octanol–water partition coefficient (Wildman–Crippen LogP) is 3.08. The second-order valence-corrected chi connectivity index (χ2v) is 6.86. The molecular weight excluding hydrogens is 327 g/mol. The van der Waals surface area contributed by atoms with Gasteiger partial charge < -0.3 is 10.1 Å². The number of benzene rings is 1. The predicted molar refractivity (Wildman–Crippen MR) is 92.8 cm³/mol. The van der Waals surface area contributed by atoms with E-state index < -0.39 is 0 Å². The van der Waals surface area contributed by atoms with Gasteiger partial charge in [0.2, 0.25) is 0 Å². The molecule has 1 aliphatic heterocycles. The van der Waals surface area contributed by atoms with Crippen molar-refractivity contribution < 1.29 is 13.9 Å². The van der Waals surface area contributed by atoms with Gasteiger partial charge in [0.15, 0.2) is 0 Å². The van der Waals surface area contributed by atoms with Gasteiger partial charge in [-0.3, -0.25) is 9.69 Å². The number of rotatable bonds is 5. The van der Waals surface area contributed by atoms with Crippen molar-refractivity contribution in [2.45, 2.75) is 19.0 Å². The van der Waals surface area contributed by atoms with Crippen LogP contribution in [0.3, 0.4) is 0 Å². The summed E-state index contributed by atoms with van der Waals surface area (Å²) in [7, 11) is 0. The Hall–Kier alpha value is -1.76. The molecule has 0 unspecified atom stereocenters. The standard InChI is InChI=1S/C18H21FN2O2S/c1-13(20-18(22)14-4-6-15(19)7-5-14)17(16-3-2-12-24-16)21-8-10-23-11-9-21/h2-7,12-13,17H,8-11H2,1H3,(H,20,22)/t13-,17-/m1/s1. The number of carbonyl (C=O) groups is 1. The number of amides is 1. The molecule has 1 aromatic carbocycles. The van der Waals surface area contributed by atoms with Crippen LogP contribution in [0.1, 0.15) is 28.2 Å². The van der Waals surface area contributed by atoms with Crippen molar-refractivity contribution in [2.24, 2.45) is 0 Å². The number of nitrogens with zero attached hydrogens (tertiary/aromatic N) is 1. The van der Waals surface area contributed by atoms with Gasteiger partial charge >= 0.3 is 0 Å². The summed E-state index contributed by atoms with van der Waals surface area (Å²) < 4.78 is 18.5. The quantitative estimate of drug-likeness (QED) is 0.903. The largest absolute Gasteiger partial charge is 0.379 e. The molecule has 1 amide bonds. The Kier molecular flexibility index (Phi) is 5.60. The minimum atomic E-state index is -0.343. The number of nitrogens with one attached hydrogen (secondary N) is 1. The third-order valence-corrected chi connectivity index (χ3v) is 5.16. The molecule has 1 aromatic heterocycles. The summed E-state index contributed by atoms with van der Waals surface area (Å²) in [6.45, 7) is 5.13. The molecule has 1 N–H and O–H groups in total. The van der Waals surface area contributed by atoms with Crippen molar-refractivity contribution in [1.29, 1.82) is 0 Å². The van der Waals surface area contributed by atoms with Crippen LogP contribution in [0, 0.1) is 5.82 Å². The van der Waals surface area contributed by atoms with Gasteiger partial charge in [0.25, 0.3) is 5.91 Å². The van der Waals surface area contributed by atoms with Gasteiger partial charge in [0.05, 0.1) is 19.3 Å². The molecule has 2 aromatic rings. The zero-order valence-electron chi connectivity index (χ0n) is 13.6. The van der Waals surface area contributed by atoms with E-state index in [9.17, 15) is 9.18 Å². The summed E-state index contributed by atoms with van der Waals surface area (Å²) in [5.41, 5.74) is 0.468. The first-order chi connectivity index (χ1) is 11.6. The van der Waals surface area contributed by atoms with E-state index in [1.807, 2.05) is 13.0 Å². The van der Waals surface area contributed by atoms with E-state index in [2.05, 4.69) is 21.7 Å². The summed E-state index contributed by atoms with van der Waals surface area (Å²) >= 11 is 1.69. The van der Waals surface area contributed by atoms with Gasteiger partial charge in [-0.15, -0.1) is 11.3 Å². The van der Waals surface area contributed by atoms with Crippen LogP contribution in [0.5, 0.6) is 0 Å². The van der Waals surface area contributed by atoms with Crippen LogP contribution in [0.4, 0.5) is 4.39 Å². The number of ether oxygens (including phenoxy) is 1. The first-order valence-corrected chi connectivity index (χ1v) is 8.95. The molecule has 0 bridgehead atoms. The first kappa shape index (κ1) is 17.1. The summed E-state index contributed by atoms with van der Waals surface area (Å²) in [6, 6.07) is 9.79. The SMILES string of the molecule is C[C@@H](NC(=O)c1ccc(F)cc1)[C@H](c1cccs1)N1CCOCC1. The maximum Gasteiger partial charge on any atom is 0.251 e. The highest BCUT2D eigenvalue weighted by molar-refractivity contribution is 7.10. The fourth-order valence-corrected chi connectivity index (χ4v) is 3.99. The van der Waals surface area contributed by atoms with E-state index in [0.717, 1.165) is 13.1 Å². The van der Waals surface area contributed by atoms with Gasteiger partial charge in [-0.25, -0.2) is 4.39 Å². The minimum Gasteiger partial charge on any atom is -0.379 e. The second kappa shape index (κ2) is 7.88. The van der Waals surface area contributed by atoms with Gasteiger partial charge in [-0.2, -0.15) is 0 Å². The maximum atomic E-state index is 13.0. The number of hydrogen-bond donors (Lipinski definition) is 1. The molecule has 0 radical (unpaired) electrons. The lowest BCUT2D eigenvalue weighted by atomic mass is 10.0. The fraction of sp³-hybridized carbons (Fsp3) is 0.389. The Balaban J connectivity index is 1.74. The van der Waals surface area contributed by atoms with Crippen molar-refractivity contribution in [3.05, 3.63) is 58.0 Å². The molecule has 1 saturated heterocycles. The summed E-state index contributed by atoms with van der Waals surface area (Å²) in [4.78, 5) is 16.0. The molecule has 24 heavy (non-hydrogen) atoms. The molecule has 0 spiro atoms. The monoisotopic (exact) mass is 348 g/mol. The molecule has 4 nitrogen and oxygen atoms in total. The van der Waals surface area contributed by atoms with Crippen LogP contribution in [0.2, 0.25) is 0 Å². The highest BCUT2D eigenvalue weighted by atomic mass is 32.1. The minimum absolute atomic E-state index is 0.0701. The average Bonchev–Trinajstić information content (AvgIpc) is 3.10. The number of hydrogen-bond acceptors (Lipinski definition) is 4. The lowest BCUT2D eigenvalue weighted by molar-refractivity contribution is 0.00969. The number of carbonyl (C=O) groups excluding carboxylic acids is 1. The normalized spacial score (nSPS) is 18.1. The van der Waals surface area contributed by atoms with Crippen LogP contribution < -0.4 is 5.32 Å². The van der Waals surface area contributed by atoms with Gasteiger partial charge in [0, 0.05) is 29.6 Å². The van der Waals surface area contributed by atoms with Gasteiger partial charge in [-0.05, 0) is 42.6 Å². The highest BCUT2D eigenvalue weighted by Gasteiger charge is 2.29. The molecule has 3 rings (SSSR count). The maximum absolute atomic E-state index is 13.0. The Morgan fingerprint density at radius 1 is 1.25 bits per heavy atom. The van der Waals surface area contributed by atoms with Crippen LogP contribution in [-0.4, -0.2) is 43.2 Å². The van der Waals surface area contributed by atoms with E-state index in [0.29, 0.717) is 18.8 Å². The van der Waals surface area contributed by atoms with Crippen LogP contribution in [0.25, 0.3) is 0 Å². The topological polar surface area (TPSA) is 41.6 Å². The third kappa shape index (κ3) is 4.01. The second-order valence-electron chi connectivity index (χ2n) is 5.88. The molecule has 1 aliphatic rings. The van der Waals surface area contributed by atoms with Crippen LogP contribution in [0.15, 0.2) is 41.8 Å². The molecule has 6 heteroatoms. The number of halogens is 1. The summed E-state index contributed by atoms with van der Waals surface area (Å²) in [6.07, 6.45) is 0. The Bertz CT molecular complexity index is 654. The smallest absolute Gasteiger partial charge is 0.251 e. The molecule has 0 aliphatic carbocycles. The Morgan fingerprint density at radius 2 is 1.96 bits per heavy atom. The Labute approximate surface area is 145 Å². The molecule has 2 heterocycles. The number of thiophene rings is 1. The van der Waals surface area contributed by atoms with Crippen molar-refractivity contribution in [2.75, 3.05) is 26.3 Å². The lowest BCUT2D eigenvalue weighted by Crippen LogP contribution is -2.48. The Morgan fingerprint density at radius 3 is 2.58 bits per heavy atom. The molecule has 128 valence electrons. The van der Waals surface area contributed by atoms with E-state index in [1.165, 1.54) is 29.1 Å². The van der Waals surface area contributed by atoms with Gasteiger partial charge in [0.1, 0.15) is 5.82 Å². The molecule has 1 fully saturated rings. The van der Waals surface area contributed by atoms with E-state index >= 15 is 0 Å². The zero-order chi connectivity index (χ0) is 16.9.